The first-order valence-electron chi connectivity index (χ1n) is 6.99. The van der Waals surface area contributed by atoms with E-state index >= 15 is 0 Å². The summed E-state index contributed by atoms with van der Waals surface area (Å²) in [7, 11) is 0. The number of hydrogen-bond acceptors (Lipinski definition) is 3. The zero-order valence-electron chi connectivity index (χ0n) is 12.4. The minimum atomic E-state index is -1.16. The molecule has 0 bridgehead atoms. The molecule has 0 saturated carbocycles. The highest BCUT2D eigenvalue weighted by atomic mass is 16.3. The summed E-state index contributed by atoms with van der Waals surface area (Å²) in [5.74, 6) is -0.167. The van der Waals surface area contributed by atoms with E-state index in [0.29, 0.717) is 5.56 Å². The number of nitrogens with two attached hydrogens (primary N) is 1. The van der Waals surface area contributed by atoms with Gasteiger partial charge in [0.15, 0.2) is 5.78 Å². The minimum Gasteiger partial charge on any atom is -0.385 e. The first-order valence-corrected chi connectivity index (χ1v) is 6.99. The van der Waals surface area contributed by atoms with Gasteiger partial charge in [-0.15, -0.1) is 0 Å². The summed E-state index contributed by atoms with van der Waals surface area (Å²) < 4.78 is 0. The first kappa shape index (κ1) is 15.4. The molecule has 2 rings (SSSR count). The molecule has 3 nitrogen and oxygen atoms in total. The van der Waals surface area contributed by atoms with Crippen molar-refractivity contribution in [2.24, 2.45) is 5.73 Å². The largest absolute Gasteiger partial charge is 0.385 e. The quantitative estimate of drug-likeness (QED) is 0.829. The summed E-state index contributed by atoms with van der Waals surface area (Å²) in [6.07, 6.45) is 0.151. The molecule has 2 aromatic rings. The summed E-state index contributed by atoms with van der Waals surface area (Å²) in [4.78, 5) is 12.5. The van der Waals surface area contributed by atoms with Crippen LogP contribution in [-0.4, -0.2) is 16.4 Å². The van der Waals surface area contributed by atoms with Crippen LogP contribution in [-0.2, 0) is 5.60 Å². The lowest BCUT2D eigenvalue weighted by atomic mass is 9.79. The number of benzene rings is 2. The lowest BCUT2D eigenvalue weighted by molar-refractivity contribution is 0.0253. The average molecular weight is 283 g/mol. The molecule has 0 aliphatic rings. The number of ketones is 1. The number of hydrogen-bond donors (Lipinski definition) is 2. The predicted octanol–water partition coefficient (Wildman–Crippen LogP) is 2.88. The maximum atomic E-state index is 12.5. The summed E-state index contributed by atoms with van der Waals surface area (Å²) in [5, 5.41) is 10.7. The van der Waals surface area contributed by atoms with Gasteiger partial charge >= 0.3 is 0 Å². The predicted molar refractivity (Wildman–Crippen MR) is 84.0 cm³/mol. The molecule has 0 heterocycles. The molecule has 3 N–H and O–H groups in total. The van der Waals surface area contributed by atoms with Crippen molar-refractivity contribution >= 4 is 5.78 Å². The first-order chi connectivity index (χ1) is 9.83. The van der Waals surface area contributed by atoms with Crippen LogP contribution in [0.25, 0.3) is 0 Å². The van der Waals surface area contributed by atoms with Crippen molar-refractivity contribution in [3.05, 3.63) is 71.8 Å². The number of aliphatic hydroxyl groups is 1. The van der Waals surface area contributed by atoms with Crippen LogP contribution in [0.15, 0.2) is 60.7 Å². The third kappa shape index (κ3) is 3.57. The summed E-state index contributed by atoms with van der Waals surface area (Å²) in [5.41, 5.74) is 5.22. The van der Waals surface area contributed by atoms with Gasteiger partial charge in [-0.1, -0.05) is 60.7 Å². The molecular weight excluding hydrogens is 262 g/mol. The molecule has 2 atom stereocenters. The monoisotopic (exact) mass is 283 g/mol. The second-order valence-corrected chi connectivity index (χ2v) is 5.93. The van der Waals surface area contributed by atoms with Gasteiger partial charge < -0.3 is 10.8 Å². The molecule has 0 spiro atoms. The molecule has 0 amide bonds. The van der Waals surface area contributed by atoms with Gasteiger partial charge in [0.2, 0.25) is 0 Å². The summed E-state index contributed by atoms with van der Waals surface area (Å²) in [6.45, 7) is 3.35. The zero-order chi connectivity index (χ0) is 15.5. The summed E-state index contributed by atoms with van der Waals surface area (Å²) >= 11 is 0. The SMILES string of the molecule is CC(N)(CC(C)(O)c1ccccc1)C(=O)c1ccccc1. The fraction of sp³-hybridized carbons (Fsp3) is 0.278. The highest BCUT2D eigenvalue weighted by Crippen LogP contribution is 2.30. The number of carbonyl (C=O) groups is 1. The topological polar surface area (TPSA) is 63.3 Å². The van der Waals surface area contributed by atoms with E-state index in [1.807, 2.05) is 36.4 Å². The van der Waals surface area contributed by atoms with Crippen LogP contribution in [0.4, 0.5) is 0 Å². The Balaban J connectivity index is 2.23. The van der Waals surface area contributed by atoms with Crippen LogP contribution in [0, 0.1) is 0 Å². The Morgan fingerprint density at radius 1 is 1.00 bits per heavy atom. The van der Waals surface area contributed by atoms with Gasteiger partial charge in [0.25, 0.3) is 0 Å². The second-order valence-electron chi connectivity index (χ2n) is 5.93. The molecule has 0 aromatic heterocycles. The van der Waals surface area contributed by atoms with Crippen molar-refractivity contribution in [2.75, 3.05) is 0 Å². The van der Waals surface area contributed by atoms with Crippen molar-refractivity contribution in [1.82, 2.24) is 0 Å². The Labute approximate surface area is 125 Å². The Bertz CT molecular complexity index is 604. The molecule has 0 saturated heterocycles. The number of Topliss-reactive ketones (excluding diaryl/α,β-unsaturated/α-hetero) is 1. The highest BCUT2D eigenvalue weighted by Gasteiger charge is 2.37. The summed E-state index contributed by atoms with van der Waals surface area (Å²) in [6, 6.07) is 18.2. The maximum Gasteiger partial charge on any atom is 0.182 e. The Morgan fingerprint density at radius 2 is 1.48 bits per heavy atom. The fourth-order valence-corrected chi connectivity index (χ4v) is 2.61. The second kappa shape index (κ2) is 5.80. The van der Waals surface area contributed by atoms with E-state index in [-0.39, 0.29) is 12.2 Å². The van der Waals surface area contributed by atoms with Crippen LogP contribution < -0.4 is 5.73 Å². The van der Waals surface area contributed by atoms with Crippen LogP contribution in [0.1, 0.15) is 36.2 Å². The lowest BCUT2D eigenvalue weighted by Crippen LogP contribution is -2.49. The van der Waals surface area contributed by atoms with Gasteiger partial charge in [-0.25, -0.2) is 0 Å². The lowest BCUT2D eigenvalue weighted by Gasteiger charge is -2.33. The molecule has 110 valence electrons. The van der Waals surface area contributed by atoms with Gasteiger partial charge in [-0.2, -0.15) is 0 Å². The Hall–Kier alpha value is -1.97. The molecule has 2 aromatic carbocycles. The van der Waals surface area contributed by atoms with Gasteiger partial charge in [0, 0.05) is 12.0 Å². The average Bonchev–Trinajstić information content (AvgIpc) is 2.47. The van der Waals surface area contributed by atoms with Gasteiger partial charge in [-0.05, 0) is 19.4 Å². The van der Waals surface area contributed by atoms with Crippen LogP contribution >= 0.6 is 0 Å². The van der Waals surface area contributed by atoms with Crippen molar-refractivity contribution in [1.29, 1.82) is 0 Å². The molecule has 21 heavy (non-hydrogen) atoms. The third-order valence-corrected chi connectivity index (χ3v) is 3.66. The van der Waals surface area contributed by atoms with Crippen molar-refractivity contribution < 1.29 is 9.90 Å². The van der Waals surface area contributed by atoms with Crippen molar-refractivity contribution in [3.63, 3.8) is 0 Å². The van der Waals surface area contributed by atoms with E-state index in [1.54, 1.807) is 38.1 Å². The zero-order valence-corrected chi connectivity index (χ0v) is 12.4. The van der Waals surface area contributed by atoms with Crippen LogP contribution in [0.5, 0.6) is 0 Å². The van der Waals surface area contributed by atoms with Gasteiger partial charge in [0.1, 0.15) is 0 Å². The van der Waals surface area contributed by atoms with E-state index < -0.39 is 11.1 Å². The highest BCUT2D eigenvalue weighted by molar-refractivity contribution is 6.02. The molecule has 0 fully saturated rings. The van der Waals surface area contributed by atoms with E-state index in [4.69, 9.17) is 5.73 Å². The number of carbonyl (C=O) groups excluding carboxylic acids is 1. The van der Waals surface area contributed by atoms with Crippen molar-refractivity contribution in [2.45, 2.75) is 31.4 Å². The third-order valence-electron chi connectivity index (χ3n) is 3.66. The van der Waals surface area contributed by atoms with Gasteiger partial charge in [0.05, 0.1) is 11.1 Å². The smallest absolute Gasteiger partial charge is 0.182 e. The Morgan fingerprint density at radius 3 is 2.00 bits per heavy atom. The van der Waals surface area contributed by atoms with Crippen molar-refractivity contribution in [3.8, 4) is 0 Å². The van der Waals surface area contributed by atoms with E-state index in [2.05, 4.69) is 0 Å². The Kier molecular flexibility index (Phi) is 4.26. The van der Waals surface area contributed by atoms with Gasteiger partial charge in [-0.3, -0.25) is 4.79 Å². The van der Waals surface area contributed by atoms with Crippen LogP contribution in [0.2, 0.25) is 0 Å². The van der Waals surface area contributed by atoms with E-state index in [0.717, 1.165) is 5.56 Å². The normalized spacial score (nSPS) is 16.8. The molecular formula is C18H21NO2. The number of rotatable bonds is 5. The maximum absolute atomic E-state index is 12.5. The molecule has 0 aliphatic heterocycles. The molecule has 0 radical (unpaired) electrons. The van der Waals surface area contributed by atoms with E-state index in [9.17, 15) is 9.90 Å². The minimum absolute atomic E-state index is 0.151. The van der Waals surface area contributed by atoms with E-state index in [1.165, 1.54) is 0 Å². The standard InChI is InChI=1S/C18H21NO2/c1-17(19,16(20)14-9-5-3-6-10-14)13-18(2,21)15-11-7-4-8-12-15/h3-12,21H,13,19H2,1-2H3. The molecule has 2 unspecified atom stereocenters. The fourth-order valence-electron chi connectivity index (χ4n) is 2.61. The van der Waals surface area contributed by atoms with Crippen LogP contribution in [0.3, 0.4) is 0 Å². The molecule has 3 heteroatoms. The molecule has 0 aliphatic carbocycles.